The third-order valence-corrected chi connectivity index (χ3v) is 5.35. The van der Waals surface area contributed by atoms with E-state index >= 15 is 0 Å². The van der Waals surface area contributed by atoms with Gasteiger partial charge in [-0.3, -0.25) is 14.5 Å². The Bertz CT molecular complexity index is 999. The molecule has 2 aromatic rings. The fraction of sp³-hybridized carbons (Fsp3) is 0.333. The summed E-state index contributed by atoms with van der Waals surface area (Å²) < 4.78 is 10.8. The quantitative estimate of drug-likeness (QED) is 0.451. The van der Waals surface area contributed by atoms with Gasteiger partial charge in [-0.2, -0.15) is 0 Å². The minimum atomic E-state index is -0.363. The molecule has 0 saturated heterocycles. The summed E-state index contributed by atoms with van der Waals surface area (Å²) in [7, 11) is 1.59. The summed E-state index contributed by atoms with van der Waals surface area (Å²) in [6, 6.07) is 12.6. The highest BCUT2D eigenvalue weighted by Gasteiger charge is 2.39. The van der Waals surface area contributed by atoms with Crippen LogP contribution in [-0.4, -0.2) is 43.1 Å². The lowest BCUT2D eigenvalue weighted by Gasteiger charge is -2.15. The first-order valence-corrected chi connectivity index (χ1v) is 10.6. The molecule has 0 aliphatic carbocycles. The smallest absolute Gasteiger partial charge is 0.278 e. The van der Waals surface area contributed by atoms with Crippen LogP contribution in [0, 0.1) is 6.92 Å². The predicted octanol–water partition coefficient (Wildman–Crippen LogP) is 4.66. The molecule has 2 aromatic carbocycles. The van der Waals surface area contributed by atoms with Crippen molar-refractivity contribution in [1.29, 1.82) is 0 Å². The van der Waals surface area contributed by atoms with Gasteiger partial charge >= 0.3 is 0 Å². The Morgan fingerprint density at radius 3 is 2.42 bits per heavy atom. The van der Waals surface area contributed by atoms with Crippen molar-refractivity contribution in [2.24, 2.45) is 0 Å². The number of methoxy groups -OCH3 is 1. The third-order valence-electron chi connectivity index (χ3n) is 4.94. The zero-order chi connectivity index (χ0) is 22.5. The summed E-state index contributed by atoms with van der Waals surface area (Å²) >= 11 is 6.24. The standard InChI is InChI=1S/C24H27ClN2O4/c1-15(2)31-18-11-9-17(10-12-18)21-22(26-20-8-5-7-19(25)16(20)3)24(29)27(23(21)28)13-6-14-30-4/h5,7-12,15,26H,6,13-14H2,1-4H3. The largest absolute Gasteiger partial charge is 0.491 e. The van der Waals surface area contributed by atoms with Gasteiger partial charge in [0.1, 0.15) is 11.4 Å². The maximum Gasteiger partial charge on any atom is 0.278 e. The molecule has 1 aliphatic rings. The Hall–Kier alpha value is -2.83. The van der Waals surface area contributed by atoms with Crippen molar-refractivity contribution in [3.05, 3.63) is 64.3 Å². The van der Waals surface area contributed by atoms with E-state index in [0.717, 1.165) is 5.56 Å². The molecule has 0 bridgehead atoms. The second-order valence-electron chi connectivity index (χ2n) is 7.59. The number of benzene rings is 2. The molecular weight excluding hydrogens is 416 g/mol. The van der Waals surface area contributed by atoms with Crippen molar-refractivity contribution < 1.29 is 19.1 Å². The van der Waals surface area contributed by atoms with E-state index < -0.39 is 0 Å². The molecule has 0 fully saturated rings. The molecule has 0 radical (unpaired) electrons. The molecule has 3 rings (SSSR count). The van der Waals surface area contributed by atoms with Gasteiger partial charge in [0.15, 0.2) is 0 Å². The highest BCUT2D eigenvalue weighted by Crippen LogP contribution is 2.33. The lowest BCUT2D eigenvalue weighted by Crippen LogP contribution is -2.34. The number of halogens is 1. The first kappa shape index (κ1) is 22.8. The molecule has 1 N–H and O–H groups in total. The molecule has 0 saturated carbocycles. The first-order valence-electron chi connectivity index (χ1n) is 10.2. The molecular formula is C24H27ClN2O4. The van der Waals surface area contributed by atoms with E-state index in [-0.39, 0.29) is 30.2 Å². The van der Waals surface area contributed by atoms with Crippen LogP contribution < -0.4 is 10.1 Å². The van der Waals surface area contributed by atoms with Crippen LogP contribution >= 0.6 is 11.6 Å². The number of amides is 2. The van der Waals surface area contributed by atoms with E-state index in [1.165, 1.54) is 4.90 Å². The Morgan fingerprint density at radius 1 is 1.06 bits per heavy atom. The minimum Gasteiger partial charge on any atom is -0.491 e. The van der Waals surface area contributed by atoms with Crippen LogP contribution in [-0.2, 0) is 14.3 Å². The summed E-state index contributed by atoms with van der Waals surface area (Å²) in [4.78, 5) is 27.7. The van der Waals surface area contributed by atoms with Crippen molar-refractivity contribution in [3.8, 4) is 5.75 Å². The van der Waals surface area contributed by atoms with E-state index in [4.69, 9.17) is 21.1 Å². The van der Waals surface area contributed by atoms with Crippen LogP contribution in [0.25, 0.3) is 5.57 Å². The van der Waals surface area contributed by atoms with Gasteiger partial charge in [0.05, 0.1) is 11.7 Å². The molecule has 2 amide bonds. The number of nitrogens with one attached hydrogen (secondary N) is 1. The van der Waals surface area contributed by atoms with Crippen molar-refractivity contribution in [2.45, 2.75) is 33.3 Å². The van der Waals surface area contributed by atoms with Gasteiger partial charge < -0.3 is 14.8 Å². The zero-order valence-electron chi connectivity index (χ0n) is 18.2. The number of carbonyl (C=O) groups is 2. The van der Waals surface area contributed by atoms with E-state index in [1.54, 1.807) is 43.5 Å². The Kier molecular flexibility index (Phi) is 7.36. The first-order chi connectivity index (χ1) is 14.8. The lowest BCUT2D eigenvalue weighted by molar-refractivity contribution is -0.136. The topological polar surface area (TPSA) is 67.9 Å². The molecule has 6 nitrogen and oxygen atoms in total. The maximum atomic E-state index is 13.2. The van der Waals surface area contributed by atoms with E-state index in [2.05, 4.69) is 5.32 Å². The van der Waals surface area contributed by atoms with Crippen molar-refractivity contribution in [1.82, 2.24) is 4.90 Å². The van der Waals surface area contributed by atoms with Crippen molar-refractivity contribution >= 4 is 34.7 Å². The van der Waals surface area contributed by atoms with Gasteiger partial charge in [0, 0.05) is 31.0 Å². The Labute approximate surface area is 187 Å². The second-order valence-corrected chi connectivity index (χ2v) is 7.99. The average molecular weight is 443 g/mol. The normalized spacial score (nSPS) is 14.1. The fourth-order valence-corrected chi connectivity index (χ4v) is 3.55. The minimum absolute atomic E-state index is 0.0408. The van der Waals surface area contributed by atoms with Gasteiger partial charge in [-0.1, -0.05) is 29.8 Å². The number of rotatable bonds is 9. The molecule has 0 unspecified atom stereocenters. The van der Waals surface area contributed by atoms with Gasteiger partial charge in [-0.05, 0) is 62.6 Å². The molecule has 1 aliphatic heterocycles. The molecule has 0 aromatic heterocycles. The molecule has 1 heterocycles. The number of nitrogens with zero attached hydrogens (tertiary/aromatic N) is 1. The number of hydrogen-bond donors (Lipinski definition) is 1. The number of hydrogen-bond acceptors (Lipinski definition) is 5. The summed E-state index contributed by atoms with van der Waals surface area (Å²) in [6.45, 7) is 6.50. The van der Waals surface area contributed by atoms with E-state index in [0.29, 0.717) is 40.6 Å². The zero-order valence-corrected chi connectivity index (χ0v) is 19.0. The van der Waals surface area contributed by atoms with Gasteiger partial charge in [-0.15, -0.1) is 0 Å². The van der Waals surface area contributed by atoms with Crippen molar-refractivity contribution in [3.63, 3.8) is 0 Å². The van der Waals surface area contributed by atoms with E-state index in [1.807, 2.05) is 26.8 Å². The number of imide groups is 1. The maximum absolute atomic E-state index is 13.2. The monoisotopic (exact) mass is 442 g/mol. The van der Waals surface area contributed by atoms with Crippen LogP contribution in [0.4, 0.5) is 5.69 Å². The van der Waals surface area contributed by atoms with Crippen LogP contribution in [0.3, 0.4) is 0 Å². The summed E-state index contributed by atoms with van der Waals surface area (Å²) in [5.74, 6) is 0.00654. The third kappa shape index (κ3) is 5.09. The van der Waals surface area contributed by atoms with Gasteiger partial charge in [0.25, 0.3) is 11.8 Å². The van der Waals surface area contributed by atoms with Crippen LogP contribution in [0.2, 0.25) is 5.02 Å². The average Bonchev–Trinajstić information content (AvgIpc) is 2.96. The van der Waals surface area contributed by atoms with Gasteiger partial charge in [0.2, 0.25) is 0 Å². The molecule has 7 heteroatoms. The molecule has 0 atom stereocenters. The number of carbonyl (C=O) groups excluding carboxylic acids is 2. The van der Waals surface area contributed by atoms with Gasteiger partial charge in [-0.25, -0.2) is 0 Å². The molecule has 31 heavy (non-hydrogen) atoms. The fourth-order valence-electron chi connectivity index (χ4n) is 3.38. The summed E-state index contributed by atoms with van der Waals surface area (Å²) in [5.41, 5.74) is 2.70. The Morgan fingerprint density at radius 2 is 1.77 bits per heavy atom. The summed E-state index contributed by atoms with van der Waals surface area (Å²) in [6.07, 6.45) is 0.602. The predicted molar refractivity (Wildman–Crippen MR) is 122 cm³/mol. The number of ether oxygens (including phenoxy) is 2. The highest BCUT2D eigenvalue weighted by atomic mass is 35.5. The van der Waals surface area contributed by atoms with Crippen molar-refractivity contribution in [2.75, 3.05) is 25.6 Å². The Balaban J connectivity index is 2.00. The van der Waals surface area contributed by atoms with Crippen LogP contribution in [0.1, 0.15) is 31.4 Å². The SMILES string of the molecule is COCCCN1C(=O)C(Nc2cccc(Cl)c2C)=C(c2ccc(OC(C)C)cc2)C1=O. The lowest BCUT2D eigenvalue weighted by atomic mass is 10.0. The van der Waals surface area contributed by atoms with E-state index in [9.17, 15) is 9.59 Å². The highest BCUT2D eigenvalue weighted by molar-refractivity contribution is 6.36. The molecule has 164 valence electrons. The van der Waals surface area contributed by atoms with Crippen LogP contribution in [0.5, 0.6) is 5.75 Å². The second kappa shape index (κ2) is 9.98. The van der Waals surface area contributed by atoms with Crippen LogP contribution in [0.15, 0.2) is 48.2 Å². The number of anilines is 1. The molecule has 0 spiro atoms. The summed E-state index contributed by atoms with van der Waals surface area (Å²) in [5, 5.41) is 3.75.